The maximum Gasteiger partial charge on any atom is 0.00134 e. The Morgan fingerprint density at radius 3 is 2.62 bits per heavy atom. The van der Waals surface area contributed by atoms with Crippen LogP contribution < -0.4 is 0 Å². The van der Waals surface area contributed by atoms with E-state index in [-0.39, 0.29) is 0 Å². The van der Waals surface area contributed by atoms with Gasteiger partial charge in [-0.25, -0.2) is 0 Å². The Balaban J connectivity index is 2.18. The lowest BCUT2D eigenvalue weighted by atomic mass is 9.69. The van der Waals surface area contributed by atoms with Crippen molar-refractivity contribution in [2.45, 2.75) is 66.2 Å². The van der Waals surface area contributed by atoms with E-state index in [4.69, 9.17) is 0 Å². The average Bonchev–Trinajstić information content (AvgIpc) is 2.57. The van der Waals surface area contributed by atoms with Gasteiger partial charge in [0.05, 0.1) is 0 Å². The molecule has 0 aliphatic heterocycles. The second-order valence-corrected chi connectivity index (χ2v) is 6.46. The van der Waals surface area contributed by atoms with Gasteiger partial charge in [-0.15, -0.1) is 5.73 Å². The molecular formula is C16H26. The van der Waals surface area contributed by atoms with Gasteiger partial charge in [0.1, 0.15) is 0 Å². The summed E-state index contributed by atoms with van der Waals surface area (Å²) in [6.07, 6.45) is 10.2. The summed E-state index contributed by atoms with van der Waals surface area (Å²) in [5.41, 5.74) is 6.20. The molecule has 0 heterocycles. The highest BCUT2D eigenvalue weighted by Crippen LogP contribution is 2.67. The average molecular weight is 218 g/mol. The summed E-state index contributed by atoms with van der Waals surface area (Å²) in [4.78, 5) is 0. The summed E-state index contributed by atoms with van der Waals surface area (Å²) in [6, 6.07) is 0. The first-order chi connectivity index (χ1) is 7.52. The summed E-state index contributed by atoms with van der Waals surface area (Å²) in [5, 5.41) is 0. The summed E-state index contributed by atoms with van der Waals surface area (Å²) >= 11 is 0. The molecule has 0 radical (unpaired) electrons. The molecule has 2 bridgehead atoms. The topological polar surface area (TPSA) is 0 Å². The van der Waals surface area contributed by atoms with Crippen LogP contribution >= 0.6 is 0 Å². The van der Waals surface area contributed by atoms with E-state index >= 15 is 0 Å². The first kappa shape index (κ1) is 12.0. The molecule has 0 aromatic rings. The molecule has 0 amide bonds. The molecule has 2 fully saturated rings. The maximum atomic E-state index is 3.64. The Kier molecular flexibility index (Phi) is 3.05. The number of fused-ring (bicyclic) bond motifs is 2. The zero-order valence-corrected chi connectivity index (χ0v) is 11.4. The number of unbranched alkanes of at least 4 members (excludes halogenated alkanes) is 2. The van der Waals surface area contributed by atoms with Crippen molar-refractivity contribution in [1.29, 1.82) is 0 Å². The van der Waals surface area contributed by atoms with Crippen LogP contribution in [0.1, 0.15) is 66.2 Å². The van der Waals surface area contributed by atoms with Crippen LogP contribution in [0.15, 0.2) is 17.4 Å². The van der Waals surface area contributed by atoms with Crippen LogP contribution in [0.25, 0.3) is 0 Å². The number of hydrogen-bond donors (Lipinski definition) is 0. The summed E-state index contributed by atoms with van der Waals surface area (Å²) in [5.74, 6) is 0.916. The first-order valence-electron chi connectivity index (χ1n) is 6.97. The van der Waals surface area contributed by atoms with Gasteiger partial charge in [0.15, 0.2) is 0 Å². The smallest absolute Gasteiger partial charge is 0.00134 e. The third-order valence-electron chi connectivity index (χ3n) is 5.53. The molecule has 2 rings (SSSR count). The minimum absolute atomic E-state index is 0.445. The molecule has 0 saturated heterocycles. The Morgan fingerprint density at radius 1 is 1.38 bits per heavy atom. The molecule has 0 unspecified atom stereocenters. The van der Waals surface area contributed by atoms with Crippen molar-refractivity contribution in [2.24, 2.45) is 16.7 Å². The van der Waals surface area contributed by atoms with Gasteiger partial charge in [0.25, 0.3) is 0 Å². The fourth-order valence-corrected chi connectivity index (χ4v) is 3.68. The van der Waals surface area contributed by atoms with Crippen molar-refractivity contribution in [1.82, 2.24) is 0 Å². The van der Waals surface area contributed by atoms with Crippen molar-refractivity contribution in [2.75, 3.05) is 0 Å². The molecule has 0 aromatic heterocycles. The van der Waals surface area contributed by atoms with E-state index in [0.717, 1.165) is 5.92 Å². The number of rotatable bonds is 3. The lowest BCUT2D eigenvalue weighted by Gasteiger charge is -2.34. The van der Waals surface area contributed by atoms with Crippen LogP contribution in [0.5, 0.6) is 0 Å². The number of allylic oxidation sites excluding steroid dienone is 1. The highest BCUT2D eigenvalue weighted by Gasteiger charge is 2.58. The van der Waals surface area contributed by atoms with Crippen LogP contribution in [-0.2, 0) is 0 Å². The lowest BCUT2D eigenvalue weighted by Crippen LogP contribution is -2.27. The van der Waals surface area contributed by atoms with Gasteiger partial charge >= 0.3 is 0 Å². The summed E-state index contributed by atoms with van der Waals surface area (Å²) in [6.45, 7) is 9.65. The molecule has 0 heteroatoms. The normalized spacial score (nSPS) is 35.2. The van der Waals surface area contributed by atoms with E-state index in [1.54, 1.807) is 5.57 Å². The molecular weight excluding hydrogens is 192 g/mol. The summed E-state index contributed by atoms with van der Waals surface area (Å²) in [7, 11) is 0. The largest absolute Gasteiger partial charge is 0.125 e. The van der Waals surface area contributed by atoms with Crippen molar-refractivity contribution in [3.05, 3.63) is 17.4 Å². The van der Waals surface area contributed by atoms with E-state index in [0.29, 0.717) is 10.8 Å². The second-order valence-electron chi connectivity index (χ2n) is 6.46. The van der Waals surface area contributed by atoms with Crippen LogP contribution in [0.2, 0.25) is 0 Å². The second kappa shape index (κ2) is 4.08. The van der Waals surface area contributed by atoms with Gasteiger partial charge < -0.3 is 0 Å². The Hall–Kier alpha value is -0.480. The van der Waals surface area contributed by atoms with Gasteiger partial charge in [-0.05, 0) is 55.1 Å². The summed E-state index contributed by atoms with van der Waals surface area (Å²) < 4.78 is 0. The van der Waals surface area contributed by atoms with E-state index < -0.39 is 0 Å². The molecule has 2 atom stereocenters. The van der Waals surface area contributed by atoms with Crippen molar-refractivity contribution in [3.8, 4) is 0 Å². The molecule has 2 saturated carbocycles. The van der Waals surface area contributed by atoms with Crippen molar-refractivity contribution >= 4 is 0 Å². The minimum Gasteiger partial charge on any atom is -0.125 e. The third kappa shape index (κ3) is 1.59. The third-order valence-corrected chi connectivity index (χ3v) is 5.53. The molecule has 2 aliphatic rings. The van der Waals surface area contributed by atoms with Gasteiger partial charge in [-0.2, -0.15) is 0 Å². The predicted octanol–water partition coefficient (Wildman–Crippen LogP) is 5.10. The zero-order valence-electron chi connectivity index (χ0n) is 11.4. The van der Waals surface area contributed by atoms with Crippen molar-refractivity contribution in [3.63, 3.8) is 0 Å². The SMILES string of the molecule is CCCCC=C=C1C[C@@H]2CC[C@]1(C)C2(C)C. The van der Waals surface area contributed by atoms with Gasteiger partial charge in [-0.3, -0.25) is 0 Å². The predicted molar refractivity (Wildman–Crippen MR) is 70.4 cm³/mol. The molecule has 90 valence electrons. The van der Waals surface area contributed by atoms with Crippen LogP contribution in [0, 0.1) is 16.7 Å². The standard InChI is InChI=1S/C16H26/c1-5-6-7-8-9-14-12-13-10-11-16(14,4)15(13,2)3/h8,13H,5-7,10-12H2,1-4H3/t9?,13-,16-/m0/s1. The molecule has 2 aliphatic carbocycles. The Morgan fingerprint density at radius 2 is 2.12 bits per heavy atom. The monoisotopic (exact) mass is 218 g/mol. The van der Waals surface area contributed by atoms with E-state index in [9.17, 15) is 0 Å². The zero-order chi connectivity index (χ0) is 11.8. The Labute approximate surface area is 101 Å². The van der Waals surface area contributed by atoms with Crippen LogP contribution in [0.3, 0.4) is 0 Å². The molecule has 16 heavy (non-hydrogen) atoms. The van der Waals surface area contributed by atoms with Crippen molar-refractivity contribution < 1.29 is 0 Å². The van der Waals surface area contributed by atoms with Gasteiger partial charge in [-0.1, -0.05) is 34.1 Å². The van der Waals surface area contributed by atoms with Crippen LogP contribution in [0.4, 0.5) is 0 Å². The van der Waals surface area contributed by atoms with Crippen LogP contribution in [-0.4, -0.2) is 0 Å². The minimum atomic E-state index is 0.445. The van der Waals surface area contributed by atoms with E-state index in [1.807, 2.05) is 0 Å². The maximum absolute atomic E-state index is 3.64. The van der Waals surface area contributed by atoms with E-state index in [2.05, 4.69) is 39.5 Å². The highest BCUT2D eigenvalue weighted by molar-refractivity contribution is 5.28. The number of hydrogen-bond acceptors (Lipinski definition) is 0. The van der Waals surface area contributed by atoms with E-state index in [1.165, 1.54) is 38.5 Å². The lowest BCUT2D eigenvalue weighted by molar-refractivity contribution is 0.179. The molecule has 0 nitrogen and oxygen atoms in total. The Bertz CT molecular complexity index is 328. The highest BCUT2D eigenvalue weighted by atomic mass is 14.6. The molecule has 0 N–H and O–H groups in total. The fourth-order valence-electron chi connectivity index (χ4n) is 3.68. The van der Waals surface area contributed by atoms with Gasteiger partial charge in [0, 0.05) is 5.41 Å². The fraction of sp³-hybridized carbons (Fsp3) is 0.812. The molecule has 0 aromatic carbocycles. The van der Waals surface area contributed by atoms with Gasteiger partial charge in [0.2, 0.25) is 0 Å². The quantitative estimate of drug-likeness (QED) is 0.456. The first-order valence-corrected chi connectivity index (χ1v) is 6.97. The molecule has 0 spiro atoms.